The van der Waals surface area contributed by atoms with Crippen LogP contribution >= 0.6 is 0 Å². The maximum Gasteiger partial charge on any atom is 0.408 e. The number of ether oxygens (including phenoxy) is 1. The van der Waals surface area contributed by atoms with Gasteiger partial charge in [-0.25, -0.2) is 13.6 Å². The standard InChI is InChI=1S/C14H18F2N2O3/c1-8(17-13(20)21-14(2,3)4)12(19)18-11-6-5-9(15)7-10(11)16/h5-8H,1-4H3,(H,17,20)(H,18,19). The molecule has 0 heterocycles. The number of halogens is 2. The summed E-state index contributed by atoms with van der Waals surface area (Å²) in [5, 5.41) is 4.57. The smallest absolute Gasteiger partial charge is 0.408 e. The Morgan fingerprint density at radius 3 is 2.38 bits per heavy atom. The number of anilines is 1. The predicted molar refractivity (Wildman–Crippen MR) is 73.8 cm³/mol. The maximum atomic E-state index is 13.4. The van der Waals surface area contributed by atoms with Gasteiger partial charge in [-0.3, -0.25) is 4.79 Å². The van der Waals surface area contributed by atoms with Crippen LogP contribution < -0.4 is 10.6 Å². The van der Waals surface area contributed by atoms with E-state index < -0.39 is 35.3 Å². The number of carbonyl (C=O) groups excluding carboxylic acids is 2. The Morgan fingerprint density at radius 2 is 1.86 bits per heavy atom. The van der Waals surface area contributed by atoms with Crippen LogP contribution in [0.1, 0.15) is 27.7 Å². The van der Waals surface area contributed by atoms with Crippen molar-refractivity contribution in [2.45, 2.75) is 39.3 Å². The SMILES string of the molecule is CC(NC(=O)OC(C)(C)C)C(=O)Nc1ccc(F)cc1F. The van der Waals surface area contributed by atoms with E-state index in [1.165, 1.54) is 6.92 Å². The second-order valence-corrected chi connectivity index (χ2v) is 5.48. The van der Waals surface area contributed by atoms with Crippen molar-refractivity contribution < 1.29 is 23.1 Å². The number of hydrogen-bond acceptors (Lipinski definition) is 3. The second-order valence-electron chi connectivity index (χ2n) is 5.48. The van der Waals surface area contributed by atoms with Gasteiger partial charge in [0.05, 0.1) is 5.69 Å². The van der Waals surface area contributed by atoms with E-state index in [0.29, 0.717) is 6.07 Å². The molecule has 0 aromatic heterocycles. The van der Waals surface area contributed by atoms with Crippen LogP contribution in [0.25, 0.3) is 0 Å². The zero-order valence-corrected chi connectivity index (χ0v) is 12.3. The molecule has 116 valence electrons. The molecule has 2 N–H and O–H groups in total. The molecule has 0 aliphatic rings. The summed E-state index contributed by atoms with van der Waals surface area (Å²) in [4.78, 5) is 23.3. The van der Waals surface area contributed by atoms with Crippen LogP contribution in [0.4, 0.5) is 19.3 Å². The number of rotatable bonds is 3. The highest BCUT2D eigenvalue weighted by atomic mass is 19.1. The molecule has 0 aliphatic heterocycles. The van der Waals surface area contributed by atoms with Crippen LogP contribution in [0.15, 0.2) is 18.2 Å². The average molecular weight is 300 g/mol. The lowest BCUT2D eigenvalue weighted by atomic mass is 10.2. The van der Waals surface area contributed by atoms with Gasteiger partial charge in [0.2, 0.25) is 5.91 Å². The van der Waals surface area contributed by atoms with Crippen molar-refractivity contribution in [1.82, 2.24) is 5.32 Å². The molecule has 0 fully saturated rings. The largest absolute Gasteiger partial charge is 0.444 e. The quantitative estimate of drug-likeness (QED) is 0.902. The molecule has 1 aromatic rings. The first-order chi connectivity index (χ1) is 9.58. The third kappa shape index (κ3) is 5.76. The molecule has 21 heavy (non-hydrogen) atoms. The molecule has 2 amide bonds. The van der Waals surface area contributed by atoms with Gasteiger partial charge in [-0.15, -0.1) is 0 Å². The minimum absolute atomic E-state index is 0.167. The summed E-state index contributed by atoms with van der Waals surface area (Å²) in [5.74, 6) is -2.29. The zero-order valence-electron chi connectivity index (χ0n) is 12.3. The average Bonchev–Trinajstić information content (AvgIpc) is 2.29. The third-order valence-corrected chi connectivity index (χ3v) is 2.32. The summed E-state index contributed by atoms with van der Waals surface area (Å²) in [7, 11) is 0. The molecular formula is C14H18F2N2O3. The van der Waals surface area contributed by atoms with Crippen molar-refractivity contribution in [2.75, 3.05) is 5.32 Å². The summed E-state index contributed by atoms with van der Waals surface area (Å²) in [6, 6.07) is 1.83. The molecule has 0 aliphatic carbocycles. The molecule has 5 nitrogen and oxygen atoms in total. The van der Waals surface area contributed by atoms with Gasteiger partial charge in [0.25, 0.3) is 0 Å². The van der Waals surface area contributed by atoms with Gasteiger partial charge < -0.3 is 15.4 Å². The van der Waals surface area contributed by atoms with Gasteiger partial charge in [0.15, 0.2) is 0 Å². The summed E-state index contributed by atoms with van der Waals surface area (Å²) in [6.07, 6.45) is -0.760. The van der Waals surface area contributed by atoms with Crippen LogP contribution in [-0.2, 0) is 9.53 Å². The van der Waals surface area contributed by atoms with Gasteiger partial charge >= 0.3 is 6.09 Å². The lowest BCUT2D eigenvalue weighted by Crippen LogP contribution is -2.44. The molecule has 7 heteroatoms. The minimum Gasteiger partial charge on any atom is -0.444 e. The summed E-state index contributed by atoms with van der Waals surface area (Å²) >= 11 is 0. The molecule has 0 saturated heterocycles. The zero-order chi connectivity index (χ0) is 16.2. The van der Waals surface area contributed by atoms with E-state index in [9.17, 15) is 18.4 Å². The van der Waals surface area contributed by atoms with E-state index in [0.717, 1.165) is 12.1 Å². The molecule has 0 spiro atoms. The van der Waals surface area contributed by atoms with Crippen molar-refractivity contribution in [3.63, 3.8) is 0 Å². The first-order valence-electron chi connectivity index (χ1n) is 6.34. The van der Waals surface area contributed by atoms with E-state index in [-0.39, 0.29) is 5.69 Å². The number of benzene rings is 1. The highest BCUT2D eigenvalue weighted by molar-refractivity contribution is 5.96. The molecule has 0 radical (unpaired) electrons. The lowest BCUT2D eigenvalue weighted by molar-refractivity contribution is -0.117. The molecular weight excluding hydrogens is 282 g/mol. The Balaban J connectivity index is 2.61. The molecule has 1 unspecified atom stereocenters. The Hall–Kier alpha value is -2.18. The monoisotopic (exact) mass is 300 g/mol. The Kier molecular flexibility index (Phi) is 5.23. The van der Waals surface area contributed by atoms with Gasteiger partial charge in [-0.2, -0.15) is 0 Å². The summed E-state index contributed by atoms with van der Waals surface area (Å²) in [5.41, 5.74) is -0.858. The van der Waals surface area contributed by atoms with Gasteiger partial charge in [0, 0.05) is 6.07 Å². The highest BCUT2D eigenvalue weighted by Crippen LogP contribution is 2.15. The normalized spacial score (nSPS) is 12.5. The van der Waals surface area contributed by atoms with Crippen LogP contribution in [0.2, 0.25) is 0 Å². The topological polar surface area (TPSA) is 67.4 Å². The summed E-state index contributed by atoms with van der Waals surface area (Å²) in [6.45, 7) is 6.47. The molecule has 0 bridgehead atoms. The maximum absolute atomic E-state index is 13.4. The highest BCUT2D eigenvalue weighted by Gasteiger charge is 2.21. The van der Waals surface area contributed by atoms with Crippen LogP contribution in [0.3, 0.4) is 0 Å². The van der Waals surface area contributed by atoms with Crippen molar-refractivity contribution in [3.05, 3.63) is 29.8 Å². The fourth-order valence-electron chi connectivity index (χ4n) is 1.38. The second kappa shape index (κ2) is 6.51. The Morgan fingerprint density at radius 1 is 1.24 bits per heavy atom. The number of alkyl carbamates (subject to hydrolysis) is 1. The molecule has 1 rings (SSSR count). The van der Waals surface area contributed by atoms with Crippen LogP contribution in [-0.4, -0.2) is 23.6 Å². The Labute approximate surface area is 121 Å². The van der Waals surface area contributed by atoms with Gasteiger partial charge in [0.1, 0.15) is 23.3 Å². The van der Waals surface area contributed by atoms with Crippen molar-refractivity contribution in [2.24, 2.45) is 0 Å². The Bertz CT molecular complexity index is 542. The fourth-order valence-corrected chi connectivity index (χ4v) is 1.38. The van der Waals surface area contributed by atoms with E-state index in [4.69, 9.17) is 4.74 Å². The molecule has 0 saturated carbocycles. The minimum atomic E-state index is -0.940. The number of hydrogen-bond donors (Lipinski definition) is 2. The van der Waals surface area contributed by atoms with Crippen molar-refractivity contribution >= 4 is 17.7 Å². The predicted octanol–water partition coefficient (Wildman–Crippen LogP) is 2.82. The van der Waals surface area contributed by atoms with E-state index in [1.807, 2.05) is 0 Å². The molecule has 1 aromatic carbocycles. The van der Waals surface area contributed by atoms with E-state index in [1.54, 1.807) is 20.8 Å². The van der Waals surface area contributed by atoms with Crippen molar-refractivity contribution in [3.8, 4) is 0 Å². The first kappa shape index (κ1) is 16.9. The number of carbonyl (C=O) groups is 2. The molecule has 1 atom stereocenters. The van der Waals surface area contributed by atoms with Crippen molar-refractivity contribution in [1.29, 1.82) is 0 Å². The van der Waals surface area contributed by atoms with E-state index in [2.05, 4.69) is 10.6 Å². The van der Waals surface area contributed by atoms with Crippen LogP contribution in [0.5, 0.6) is 0 Å². The van der Waals surface area contributed by atoms with Gasteiger partial charge in [-0.05, 0) is 39.8 Å². The lowest BCUT2D eigenvalue weighted by Gasteiger charge is -2.21. The summed E-state index contributed by atoms with van der Waals surface area (Å²) < 4.78 is 31.1. The third-order valence-electron chi connectivity index (χ3n) is 2.32. The fraction of sp³-hybridized carbons (Fsp3) is 0.429. The number of amides is 2. The number of nitrogens with one attached hydrogen (secondary N) is 2. The van der Waals surface area contributed by atoms with E-state index >= 15 is 0 Å². The van der Waals surface area contributed by atoms with Crippen LogP contribution in [0, 0.1) is 11.6 Å². The first-order valence-corrected chi connectivity index (χ1v) is 6.34. The van der Waals surface area contributed by atoms with Gasteiger partial charge in [-0.1, -0.05) is 0 Å².